The molecule has 2 aromatic rings. The zero-order chi connectivity index (χ0) is 14.9. The maximum atomic E-state index is 11.4. The van der Waals surface area contributed by atoms with Crippen LogP contribution in [0, 0.1) is 0 Å². The van der Waals surface area contributed by atoms with Crippen molar-refractivity contribution in [2.24, 2.45) is 0 Å². The summed E-state index contributed by atoms with van der Waals surface area (Å²) in [6.45, 7) is 5.83. The lowest BCUT2D eigenvalue weighted by molar-refractivity contribution is 0.0699. The molecule has 0 aromatic carbocycles. The number of aromatic carboxylic acids is 1. The monoisotopic (exact) mass is 292 g/mol. The zero-order valence-electron chi connectivity index (χ0n) is 11.8. The van der Waals surface area contributed by atoms with Crippen LogP contribution in [0.4, 0.5) is 0 Å². The van der Waals surface area contributed by atoms with Crippen molar-refractivity contribution >= 4 is 17.3 Å². The third kappa shape index (κ3) is 2.80. The van der Waals surface area contributed by atoms with Gasteiger partial charge in [0.05, 0.1) is 12.8 Å². The molecule has 0 fully saturated rings. The van der Waals surface area contributed by atoms with E-state index >= 15 is 0 Å². The Morgan fingerprint density at radius 1 is 1.30 bits per heavy atom. The molecule has 5 nitrogen and oxygen atoms in total. The number of carboxylic acid groups (broad SMARTS) is 1. The van der Waals surface area contributed by atoms with E-state index in [1.54, 1.807) is 18.2 Å². The molecule has 6 heteroatoms. The van der Waals surface area contributed by atoms with Crippen LogP contribution in [-0.4, -0.2) is 28.2 Å². The highest BCUT2D eigenvalue weighted by atomic mass is 32.1. The Morgan fingerprint density at radius 3 is 2.50 bits per heavy atom. The molecule has 0 amide bonds. The first kappa shape index (κ1) is 14.5. The molecule has 0 radical (unpaired) electrons. The fourth-order valence-electron chi connectivity index (χ4n) is 1.73. The summed E-state index contributed by atoms with van der Waals surface area (Å²) < 4.78 is 5.08. The third-order valence-electron chi connectivity index (χ3n) is 2.68. The minimum absolute atomic E-state index is 0.261. The first-order valence-corrected chi connectivity index (χ1v) is 6.90. The molecule has 0 unspecified atom stereocenters. The maximum absolute atomic E-state index is 11.4. The second kappa shape index (κ2) is 5.20. The summed E-state index contributed by atoms with van der Waals surface area (Å²) in [4.78, 5) is 20.4. The molecule has 0 aliphatic rings. The maximum Gasteiger partial charge on any atom is 0.347 e. The Hall–Kier alpha value is -1.95. The van der Waals surface area contributed by atoms with Gasteiger partial charge in [0.2, 0.25) is 5.88 Å². The van der Waals surface area contributed by atoms with Gasteiger partial charge in [0.15, 0.2) is 0 Å². The zero-order valence-corrected chi connectivity index (χ0v) is 12.6. The molecule has 1 N–H and O–H groups in total. The summed E-state index contributed by atoms with van der Waals surface area (Å²) >= 11 is 1.14. The van der Waals surface area contributed by atoms with Gasteiger partial charge >= 0.3 is 5.97 Å². The van der Waals surface area contributed by atoms with E-state index in [-0.39, 0.29) is 10.3 Å². The highest BCUT2D eigenvalue weighted by Crippen LogP contribution is 2.34. The van der Waals surface area contributed by atoms with E-state index < -0.39 is 5.97 Å². The van der Waals surface area contributed by atoms with E-state index in [1.165, 1.54) is 7.11 Å². The number of rotatable bonds is 3. The van der Waals surface area contributed by atoms with Gasteiger partial charge in [0.25, 0.3) is 0 Å². The van der Waals surface area contributed by atoms with Crippen molar-refractivity contribution in [1.82, 2.24) is 9.97 Å². The van der Waals surface area contributed by atoms with E-state index in [0.717, 1.165) is 11.3 Å². The molecule has 2 heterocycles. The predicted octanol–water partition coefficient (Wildman–Crippen LogP) is 3.21. The van der Waals surface area contributed by atoms with Crippen molar-refractivity contribution in [1.29, 1.82) is 0 Å². The lowest BCUT2D eigenvalue weighted by atomic mass is 9.91. The molecule has 0 spiro atoms. The molecular formula is C14H16N2O3S. The Kier molecular flexibility index (Phi) is 3.76. The number of ether oxygens (including phenoxy) is 1. The van der Waals surface area contributed by atoms with Crippen molar-refractivity contribution in [3.8, 4) is 16.6 Å². The SMILES string of the molecule is COc1cccc(-c2nc(C(C)(C)C)c(C(=O)O)s2)n1. The molecule has 0 aliphatic carbocycles. The summed E-state index contributed by atoms with van der Waals surface area (Å²) in [5.41, 5.74) is 0.864. The van der Waals surface area contributed by atoms with Gasteiger partial charge < -0.3 is 9.84 Å². The topological polar surface area (TPSA) is 72.3 Å². The highest BCUT2D eigenvalue weighted by Gasteiger charge is 2.27. The molecule has 106 valence electrons. The first-order valence-electron chi connectivity index (χ1n) is 6.09. The van der Waals surface area contributed by atoms with Gasteiger partial charge in [-0.15, -0.1) is 11.3 Å². The van der Waals surface area contributed by atoms with Crippen LogP contribution < -0.4 is 4.74 Å². The predicted molar refractivity (Wildman–Crippen MR) is 77.6 cm³/mol. The van der Waals surface area contributed by atoms with Crippen molar-refractivity contribution < 1.29 is 14.6 Å². The largest absolute Gasteiger partial charge is 0.481 e. The van der Waals surface area contributed by atoms with Crippen molar-refractivity contribution in [2.75, 3.05) is 7.11 Å². The smallest absolute Gasteiger partial charge is 0.347 e. The molecule has 0 saturated heterocycles. The van der Waals surface area contributed by atoms with Gasteiger partial charge in [0.1, 0.15) is 15.6 Å². The summed E-state index contributed by atoms with van der Waals surface area (Å²) in [7, 11) is 1.54. The first-order chi connectivity index (χ1) is 9.32. The average molecular weight is 292 g/mol. The minimum atomic E-state index is -0.957. The van der Waals surface area contributed by atoms with Crippen LogP contribution in [-0.2, 0) is 5.41 Å². The Morgan fingerprint density at radius 2 is 2.00 bits per heavy atom. The van der Waals surface area contributed by atoms with E-state index in [4.69, 9.17) is 4.74 Å². The summed E-state index contributed by atoms with van der Waals surface area (Å²) in [5.74, 6) is -0.478. The average Bonchev–Trinajstić information content (AvgIpc) is 2.84. The number of aromatic nitrogens is 2. The van der Waals surface area contributed by atoms with Crippen molar-refractivity contribution in [3.63, 3.8) is 0 Å². The summed E-state index contributed by atoms with van der Waals surface area (Å²) in [6.07, 6.45) is 0. The van der Waals surface area contributed by atoms with E-state index in [0.29, 0.717) is 22.3 Å². The number of pyridine rings is 1. The van der Waals surface area contributed by atoms with Gasteiger partial charge in [-0.1, -0.05) is 26.8 Å². The third-order valence-corrected chi connectivity index (χ3v) is 3.75. The fourth-order valence-corrected chi connectivity index (χ4v) is 2.81. The van der Waals surface area contributed by atoms with Crippen molar-refractivity contribution in [3.05, 3.63) is 28.8 Å². The molecule has 2 rings (SSSR count). The van der Waals surface area contributed by atoms with Crippen LogP contribution in [0.2, 0.25) is 0 Å². The molecule has 0 atom stereocenters. The Balaban J connectivity index is 2.56. The van der Waals surface area contributed by atoms with Crippen LogP contribution in [0.25, 0.3) is 10.7 Å². The lowest BCUT2D eigenvalue weighted by Crippen LogP contribution is -2.16. The quantitative estimate of drug-likeness (QED) is 0.940. The van der Waals surface area contributed by atoms with Crippen molar-refractivity contribution in [2.45, 2.75) is 26.2 Å². The Bertz CT molecular complexity index is 644. The fraction of sp³-hybridized carbons (Fsp3) is 0.357. The second-order valence-corrected chi connectivity index (χ2v) is 6.32. The Labute approximate surface area is 121 Å². The summed E-state index contributed by atoms with van der Waals surface area (Å²) in [5, 5.41) is 9.90. The van der Waals surface area contributed by atoms with Gasteiger partial charge in [-0.3, -0.25) is 0 Å². The number of carbonyl (C=O) groups is 1. The van der Waals surface area contributed by atoms with Gasteiger partial charge in [-0.2, -0.15) is 0 Å². The number of thiazole rings is 1. The number of nitrogens with zero attached hydrogens (tertiary/aromatic N) is 2. The number of hydrogen-bond acceptors (Lipinski definition) is 5. The van der Waals surface area contributed by atoms with Crippen LogP contribution in [0.1, 0.15) is 36.1 Å². The highest BCUT2D eigenvalue weighted by molar-refractivity contribution is 7.17. The second-order valence-electron chi connectivity index (χ2n) is 5.32. The van der Waals surface area contributed by atoms with Gasteiger partial charge in [0, 0.05) is 11.5 Å². The number of hydrogen-bond donors (Lipinski definition) is 1. The molecule has 0 aliphatic heterocycles. The van der Waals surface area contributed by atoms with Crippen LogP contribution in [0.3, 0.4) is 0 Å². The van der Waals surface area contributed by atoms with Gasteiger partial charge in [-0.25, -0.2) is 14.8 Å². The van der Waals surface area contributed by atoms with Gasteiger partial charge in [-0.05, 0) is 6.07 Å². The molecule has 0 saturated carbocycles. The van der Waals surface area contributed by atoms with Crippen LogP contribution in [0.15, 0.2) is 18.2 Å². The van der Waals surface area contributed by atoms with Crippen LogP contribution in [0.5, 0.6) is 5.88 Å². The molecule has 0 bridgehead atoms. The minimum Gasteiger partial charge on any atom is -0.481 e. The van der Waals surface area contributed by atoms with E-state index in [2.05, 4.69) is 9.97 Å². The molecular weight excluding hydrogens is 276 g/mol. The molecule has 2 aromatic heterocycles. The molecule has 20 heavy (non-hydrogen) atoms. The van der Waals surface area contributed by atoms with E-state index in [1.807, 2.05) is 20.8 Å². The number of methoxy groups -OCH3 is 1. The lowest BCUT2D eigenvalue weighted by Gasteiger charge is -2.15. The standard InChI is InChI=1S/C14H16N2O3S/c1-14(2,3)11-10(13(17)18)20-12(16-11)8-6-5-7-9(15-8)19-4/h5-7H,1-4H3,(H,17,18). The normalized spacial score (nSPS) is 11.4. The van der Waals surface area contributed by atoms with Crippen LogP contribution >= 0.6 is 11.3 Å². The van der Waals surface area contributed by atoms with E-state index in [9.17, 15) is 9.90 Å². The summed E-state index contributed by atoms with van der Waals surface area (Å²) in [6, 6.07) is 5.33. The number of carboxylic acids is 1.